The summed E-state index contributed by atoms with van der Waals surface area (Å²) in [5.74, 6) is -0.983. The van der Waals surface area contributed by atoms with E-state index < -0.39 is 17.4 Å². The number of Topliss-reactive ketones (excluding diaryl/α,β-unsaturated/α-hetero) is 2. The summed E-state index contributed by atoms with van der Waals surface area (Å²) in [6.45, 7) is 3.52. The highest BCUT2D eigenvalue weighted by Crippen LogP contribution is 2.43. The molecule has 1 aromatic heterocycles. The minimum Gasteiger partial charge on any atom is -0.315 e. The molecule has 23 heavy (non-hydrogen) atoms. The molecule has 0 aliphatic heterocycles. The third kappa shape index (κ3) is 2.34. The largest absolute Gasteiger partial charge is 0.315 e. The van der Waals surface area contributed by atoms with Crippen molar-refractivity contribution in [3.63, 3.8) is 0 Å². The molecule has 0 radical (unpaired) electrons. The Hall–Kier alpha value is -1.90. The lowest BCUT2D eigenvalue weighted by molar-refractivity contribution is -0.126. The smallest absolute Gasteiger partial charge is 0.198 e. The highest BCUT2D eigenvalue weighted by molar-refractivity contribution is 7.72. The van der Waals surface area contributed by atoms with Gasteiger partial charge in [-0.25, -0.2) is 0 Å². The molecule has 0 amide bonds. The molecule has 0 saturated heterocycles. The molecular weight excluding hydrogens is 332 g/mol. The number of carbonyl (C=O) groups excluding carboxylic acids is 2. The van der Waals surface area contributed by atoms with Gasteiger partial charge in [-0.15, -0.1) is 0 Å². The lowest BCUT2D eigenvalue weighted by atomic mass is 9.77. The summed E-state index contributed by atoms with van der Waals surface area (Å²) in [6, 6.07) is 6.23. The van der Waals surface area contributed by atoms with E-state index >= 15 is 0 Å². The molecule has 2 unspecified atom stereocenters. The van der Waals surface area contributed by atoms with Crippen LogP contribution in [-0.4, -0.2) is 32.4 Å². The maximum Gasteiger partial charge on any atom is 0.198 e. The Morgan fingerprint density at radius 2 is 1.61 bits per heavy atom. The van der Waals surface area contributed by atoms with Crippen LogP contribution < -0.4 is 5.73 Å². The standard InChI is InChI=1S/C15H16N4O2S2/c1-15(2)9(11(20)10(16)12(15)21)7-3-5-8(6-4-7)19-13(22)17-18-14(19)23/h3-6,9-10H,16H2,1-2H3,(H,17,22)(H,18,23). The monoisotopic (exact) mass is 348 g/mol. The number of nitrogens with one attached hydrogen (secondary N) is 2. The molecule has 3 rings (SSSR count). The van der Waals surface area contributed by atoms with Crippen molar-refractivity contribution < 1.29 is 9.59 Å². The Morgan fingerprint density at radius 3 is 2.04 bits per heavy atom. The molecule has 8 heteroatoms. The number of hydrogen-bond donors (Lipinski definition) is 3. The number of ketones is 2. The molecule has 0 spiro atoms. The summed E-state index contributed by atoms with van der Waals surface area (Å²) in [6.07, 6.45) is 0. The van der Waals surface area contributed by atoms with Gasteiger partial charge in [0.05, 0.1) is 11.6 Å². The summed E-state index contributed by atoms with van der Waals surface area (Å²) in [7, 11) is 0. The van der Waals surface area contributed by atoms with E-state index in [0.29, 0.717) is 9.54 Å². The van der Waals surface area contributed by atoms with E-state index in [2.05, 4.69) is 10.2 Å². The van der Waals surface area contributed by atoms with Crippen molar-refractivity contribution in [1.29, 1.82) is 0 Å². The minimum atomic E-state index is -1.04. The second-order valence-corrected chi connectivity index (χ2v) is 6.96. The second-order valence-electron chi connectivity index (χ2n) is 6.19. The zero-order valence-electron chi connectivity index (χ0n) is 12.6. The van der Waals surface area contributed by atoms with Gasteiger partial charge in [-0.1, -0.05) is 26.0 Å². The number of aromatic amines is 2. The molecule has 1 saturated carbocycles. The molecule has 1 aliphatic carbocycles. The van der Waals surface area contributed by atoms with Crippen LogP contribution >= 0.6 is 24.4 Å². The van der Waals surface area contributed by atoms with Crippen LogP contribution in [0.3, 0.4) is 0 Å². The number of nitrogens with two attached hydrogens (primary N) is 1. The van der Waals surface area contributed by atoms with Gasteiger partial charge in [0, 0.05) is 5.41 Å². The van der Waals surface area contributed by atoms with Gasteiger partial charge < -0.3 is 5.73 Å². The number of H-pyrrole nitrogens is 2. The Bertz CT molecular complexity index is 877. The van der Waals surface area contributed by atoms with Crippen LogP contribution in [0.15, 0.2) is 24.3 Å². The highest BCUT2D eigenvalue weighted by atomic mass is 32.1. The van der Waals surface area contributed by atoms with Gasteiger partial charge in [0.15, 0.2) is 21.1 Å². The molecule has 1 aromatic carbocycles. The first-order chi connectivity index (χ1) is 10.7. The van der Waals surface area contributed by atoms with E-state index in [1.165, 1.54) is 0 Å². The number of nitrogens with zero attached hydrogens (tertiary/aromatic N) is 1. The molecule has 2 aromatic rings. The van der Waals surface area contributed by atoms with Crippen molar-refractivity contribution in [2.75, 3.05) is 0 Å². The first-order valence-electron chi connectivity index (χ1n) is 7.09. The van der Waals surface area contributed by atoms with Crippen molar-refractivity contribution in [3.8, 4) is 5.69 Å². The molecule has 4 N–H and O–H groups in total. The topological polar surface area (TPSA) is 96.7 Å². The van der Waals surface area contributed by atoms with E-state index in [-0.39, 0.29) is 11.6 Å². The van der Waals surface area contributed by atoms with Gasteiger partial charge in [0.25, 0.3) is 0 Å². The first-order valence-corrected chi connectivity index (χ1v) is 7.90. The average molecular weight is 348 g/mol. The van der Waals surface area contributed by atoms with Gasteiger partial charge in [0.1, 0.15) is 6.04 Å². The van der Waals surface area contributed by atoms with E-state index in [9.17, 15) is 9.59 Å². The normalized spacial score (nSPS) is 23.4. The van der Waals surface area contributed by atoms with Gasteiger partial charge in [0.2, 0.25) is 0 Å². The van der Waals surface area contributed by atoms with E-state index in [0.717, 1.165) is 11.3 Å². The Morgan fingerprint density at radius 1 is 1.09 bits per heavy atom. The fourth-order valence-corrected chi connectivity index (χ4v) is 3.70. The predicted octanol–water partition coefficient (Wildman–Crippen LogP) is 2.18. The number of aromatic nitrogens is 3. The Balaban J connectivity index is 2.04. The summed E-state index contributed by atoms with van der Waals surface area (Å²) in [5, 5.41) is 5.54. The fourth-order valence-electron chi connectivity index (χ4n) is 3.15. The van der Waals surface area contributed by atoms with Crippen LogP contribution in [0.25, 0.3) is 5.69 Å². The van der Waals surface area contributed by atoms with Crippen molar-refractivity contribution >= 4 is 36.0 Å². The SMILES string of the molecule is CC1(C)C(=O)C(N)C(=O)C1c1ccc(-n2c(=S)[nH][nH]c2=S)cc1. The molecule has 1 fully saturated rings. The van der Waals surface area contributed by atoms with Crippen molar-refractivity contribution in [2.24, 2.45) is 11.1 Å². The summed E-state index contributed by atoms with van der Waals surface area (Å²) in [5.41, 5.74) is 6.47. The lowest BCUT2D eigenvalue weighted by Gasteiger charge is -2.24. The molecule has 0 bridgehead atoms. The van der Waals surface area contributed by atoms with Gasteiger partial charge in [-0.3, -0.25) is 24.4 Å². The molecule has 6 nitrogen and oxygen atoms in total. The number of hydrogen-bond acceptors (Lipinski definition) is 5. The van der Waals surface area contributed by atoms with Crippen LogP contribution in [0, 0.1) is 15.0 Å². The second kappa shape index (κ2) is 5.33. The summed E-state index contributed by atoms with van der Waals surface area (Å²) >= 11 is 10.4. The molecule has 1 aliphatic rings. The van der Waals surface area contributed by atoms with Crippen LogP contribution in [0.4, 0.5) is 0 Å². The van der Waals surface area contributed by atoms with E-state index in [1.807, 2.05) is 24.3 Å². The van der Waals surface area contributed by atoms with Crippen LogP contribution in [0.5, 0.6) is 0 Å². The minimum absolute atomic E-state index is 0.216. The average Bonchev–Trinajstić information content (AvgIpc) is 2.91. The molecule has 1 heterocycles. The van der Waals surface area contributed by atoms with E-state index in [1.54, 1.807) is 18.4 Å². The van der Waals surface area contributed by atoms with Crippen LogP contribution in [0.2, 0.25) is 0 Å². The summed E-state index contributed by atoms with van der Waals surface area (Å²) in [4.78, 5) is 24.5. The van der Waals surface area contributed by atoms with Crippen LogP contribution in [-0.2, 0) is 9.59 Å². The highest BCUT2D eigenvalue weighted by Gasteiger charge is 2.53. The lowest BCUT2D eigenvalue weighted by Crippen LogP contribution is -2.34. The fraction of sp³-hybridized carbons (Fsp3) is 0.333. The molecule has 120 valence electrons. The van der Waals surface area contributed by atoms with Crippen molar-refractivity contribution in [1.82, 2.24) is 14.8 Å². The maximum absolute atomic E-state index is 12.4. The zero-order valence-corrected chi connectivity index (χ0v) is 14.3. The molecule has 2 atom stereocenters. The number of carbonyl (C=O) groups is 2. The maximum atomic E-state index is 12.4. The summed E-state index contributed by atoms with van der Waals surface area (Å²) < 4.78 is 2.59. The number of benzene rings is 1. The zero-order chi connectivity index (χ0) is 16.9. The van der Waals surface area contributed by atoms with Crippen LogP contribution in [0.1, 0.15) is 25.3 Å². The number of rotatable bonds is 2. The predicted molar refractivity (Wildman–Crippen MR) is 90.6 cm³/mol. The quantitative estimate of drug-likeness (QED) is 0.571. The first kappa shape index (κ1) is 16.0. The third-order valence-electron chi connectivity index (χ3n) is 4.40. The van der Waals surface area contributed by atoms with Crippen molar-refractivity contribution in [3.05, 3.63) is 39.4 Å². The van der Waals surface area contributed by atoms with E-state index in [4.69, 9.17) is 30.2 Å². The van der Waals surface area contributed by atoms with Crippen molar-refractivity contribution in [2.45, 2.75) is 25.8 Å². The van der Waals surface area contributed by atoms with Gasteiger partial charge in [-0.05, 0) is 42.1 Å². The third-order valence-corrected chi connectivity index (χ3v) is 4.97. The van der Waals surface area contributed by atoms with Gasteiger partial charge >= 0.3 is 0 Å². The Kier molecular flexibility index (Phi) is 3.70. The molecular formula is C15H16N4O2S2. The Labute approximate surface area is 142 Å². The van der Waals surface area contributed by atoms with Gasteiger partial charge in [-0.2, -0.15) is 0 Å².